The second-order valence-electron chi connectivity index (χ2n) is 5.14. The fraction of sp³-hybridized carbons (Fsp3) is 0.833. The smallest absolute Gasteiger partial charge is 0.117 e. The number of nitrogens with zero attached hydrogens (tertiary/aromatic N) is 3. The van der Waals surface area contributed by atoms with Crippen LogP contribution < -0.4 is 5.32 Å². The molecule has 0 saturated carbocycles. The molecular weight excluding hydrogens is 216 g/mol. The number of nitrogens with one attached hydrogen (secondary N) is 1. The zero-order valence-electron chi connectivity index (χ0n) is 11.3. The number of aliphatic hydroxyl groups is 1. The molecule has 0 aromatic carbocycles. The van der Waals surface area contributed by atoms with Gasteiger partial charge in [0.1, 0.15) is 5.60 Å². The number of hydrogen-bond donors (Lipinski definition) is 2. The Balaban J connectivity index is 2.64. The maximum atomic E-state index is 10.4. The molecule has 0 aliphatic heterocycles. The van der Waals surface area contributed by atoms with Gasteiger partial charge in [-0.25, -0.2) is 4.68 Å². The minimum absolute atomic E-state index is 0.516. The van der Waals surface area contributed by atoms with Crippen LogP contribution in [0.2, 0.25) is 0 Å². The molecule has 1 aromatic heterocycles. The van der Waals surface area contributed by atoms with E-state index in [9.17, 15) is 5.11 Å². The third-order valence-corrected chi connectivity index (χ3v) is 2.63. The average Bonchev–Trinajstić information content (AvgIpc) is 2.66. The van der Waals surface area contributed by atoms with E-state index in [2.05, 4.69) is 36.4 Å². The quantitative estimate of drug-likeness (QED) is 0.750. The molecule has 0 radical (unpaired) electrons. The first-order chi connectivity index (χ1) is 7.97. The Hall–Kier alpha value is -0.940. The lowest BCUT2D eigenvalue weighted by Crippen LogP contribution is -2.38. The Morgan fingerprint density at radius 1 is 1.53 bits per heavy atom. The molecule has 0 fully saturated rings. The SMILES string of the molecule is CCCn1nncc1C(C)(O)CNCC(C)C. The Morgan fingerprint density at radius 3 is 2.82 bits per heavy atom. The van der Waals surface area contributed by atoms with Gasteiger partial charge in [-0.1, -0.05) is 26.0 Å². The maximum Gasteiger partial charge on any atom is 0.117 e. The molecule has 98 valence electrons. The summed E-state index contributed by atoms with van der Waals surface area (Å²) in [6.45, 7) is 10.4. The van der Waals surface area contributed by atoms with Crippen molar-refractivity contribution >= 4 is 0 Å². The minimum atomic E-state index is -0.923. The van der Waals surface area contributed by atoms with Gasteiger partial charge in [-0.3, -0.25) is 0 Å². The lowest BCUT2D eigenvalue weighted by Gasteiger charge is -2.24. The van der Waals surface area contributed by atoms with E-state index in [4.69, 9.17) is 0 Å². The van der Waals surface area contributed by atoms with Crippen LogP contribution in [0.4, 0.5) is 0 Å². The summed E-state index contributed by atoms with van der Waals surface area (Å²) in [5.74, 6) is 0.574. The van der Waals surface area contributed by atoms with Gasteiger partial charge in [-0.2, -0.15) is 0 Å². The zero-order chi connectivity index (χ0) is 12.9. The van der Waals surface area contributed by atoms with Gasteiger partial charge in [0.05, 0.1) is 11.9 Å². The van der Waals surface area contributed by atoms with Crippen LogP contribution in [0.15, 0.2) is 6.20 Å². The number of rotatable bonds is 7. The molecule has 0 bridgehead atoms. The minimum Gasteiger partial charge on any atom is -0.382 e. The number of aromatic nitrogens is 3. The van der Waals surface area contributed by atoms with Crippen LogP contribution in [0, 0.1) is 5.92 Å². The van der Waals surface area contributed by atoms with E-state index in [1.54, 1.807) is 17.8 Å². The summed E-state index contributed by atoms with van der Waals surface area (Å²) in [4.78, 5) is 0. The molecule has 0 aliphatic rings. The highest BCUT2D eigenvalue weighted by molar-refractivity contribution is 5.07. The molecule has 17 heavy (non-hydrogen) atoms. The summed E-state index contributed by atoms with van der Waals surface area (Å²) in [5.41, 5.74) is -0.149. The Bertz CT molecular complexity index is 333. The Kier molecular flexibility index (Phi) is 5.08. The van der Waals surface area contributed by atoms with Gasteiger partial charge in [-0.15, -0.1) is 5.10 Å². The first-order valence-electron chi connectivity index (χ1n) is 6.29. The third-order valence-electron chi connectivity index (χ3n) is 2.63. The van der Waals surface area contributed by atoms with Crippen molar-refractivity contribution < 1.29 is 5.11 Å². The van der Waals surface area contributed by atoms with E-state index in [1.807, 2.05) is 0 Å². The van der Waals surface area contributed by atoms with Gasteiger partial charge in [0.15, 0.2) is 0 Å². The van der Waals surface area contributed by atoms with E-state index < -0.39 is 5.60 Å². The Morgan fingerprint density at radius 2 is 2.24 bits per heavy atom. The second kappa shape index (κ2) is 6.12. The maximum absolute atomic E-state index is 10.4. The second-order valence-corrected chi connectivity index (χ2v) is 5.14. The summed E-state index contributed by atoms with van der Waals surface area (Å²) in [5, 5.41) is 21.6. The van der Waals surface area contributed by atoms with E-state index in [0.29, 0.717) is 12.5 Å². The van der Waals surface area contributed by atoms with Crippen LogP contribution in [0.5, 0.6) is 0 Å². The number of hydrogen-bond acceptors (Lipinski definition) is 4. The molecule has 5 nitrogen and oxygen atoms in total. The fourth-order valence-corrected chi connectivity index (χ4v) is 1.75. The average molecular weight is 240 g/mol. The Labute approximate surface area is 103 Å². The monoisotopic (exact) mass is 240 g/mol. The summed E-state index contributed by atoms with van der Waals surface area (Å²) < 4.78 is 1.77. The summed E-state index contributed by atoms with van der Waals surface area (Å²) in [6, 6.07) is 0. The molecule has 1 heterocycles. The van der Waals surface area contributed by atoms with Crippen molar-refractivity contribution in [2.45, 2.75) is 46.3 Å². The van der Waals surface area contributed by atoms with E-state index in [-0.39, 0.29) is 0 Å². The van der Waals surface area contributed by atoms with Gasteiger partial charge >= 0.3 is 0 Å². The molecule has 2 N–H and O–H groups in total. The van der Waals surface area contributed by atoms with Crippen molar-refractivity contribution in [3.63, 3.8) is 0 Å². The fourth-order valence-electron chi connectivity index (χ4n) is 1.75. The molecule has 5 heteroatoms. The lowest BCUT2D eigenvalue weighted by molar-refractivity contribution is 0.0468. The molecular formula is C12H24N4O. The first-order valence-corrected chi connectivity index (χ1v) is 6.29. The molecule has 0 saturated heterocycles. The van der Waals surface area contributed by atoms with Crippen LogP contribution in [0.25, 0.3) is 0 Å². The van der Waals surface area contributed by atoms with E-state index in [0.717, 1.165) is 25.2 Å². The van der Waals surface area contributed by atoms with E-state index in [1.165, 1.54) is 0 Å². The zero-order valence-corrected chi connectivity index (χ0v) is 11.3. The topological polar surface area (TPSA) is 63.0 Å². The molecule has 1 rings (SSSR count). The predicted octanol–water partition coefficient (Wildman–Crippen LogP) is 1.14. The van der Waals surface area contributed by atoms with Gasteiger partial charge in [0.25, 0.3) is 0 Å². The van der Waals surface area contributed by atoms with Crippen molar-refractivity contribution in [3.05, 3.63) is 11.9 Å². The summed E-state index contributed by atoms with van der Waals surface area (Å²) in [7, 11) is 0. The predicted molar refractivity (Wildman–Crippen MR) is 67.6 cm³/mol. The number of aryl methyl sites for hydroxylation is 1. The lowest BCUT2D eigenvalue weighted by atomic mass is 10.0. The first kappa shape index (κ1) is 14.1. The van der Waals surface area contributed by atoms with Gasteiger partial charge < -0.3 is 10.4 Å². The molecule has 0 amide bonds. The van der Waals surface area contributed by atoms with Crippen molar-refractivity contribution in [2.75, 3.05) is 13.1 Å². The van der Waals surface area contributed by atoms with E-state index >= 15 is 0 Å². The van der Waals surface area contributed by atoms with Gasteiger partial charge in [0, 0.05) is 13.1 Å². The van der Waals surface area contributed by atoms with Crippen molar-refractivity contribution in [1.82, 2.24) is 20.3 Å². The molecule has 0 spiro atoms. The molecule has 1 unspecified atom stereocenters. The van der Waals surface area contributed by atoms with Crippen LogP contribution in [-0.2, 0) is 12.1 Å². The van der Waals surface area contributed by atoms with Crippen LogP contribution >= 0.6 is 0 Å². The molecule has 1 aromatic rings. The largest absolute Gasteiger partial charge is 0.382 e. The van der Waals surface area contributed by atoms with Crippen LogP contribution in [-0.4, -0.2) is 33.2 Å². The standard InChI is InChI=1S/C12H24N4O/c1-5-6-16-11(8-14-15-16)12(4,17)9-13-7-10(2)3/h8,10,13,17H,5-7,9H2,1-4H3. The summed E-state index contributed by atoms with van der Waals surface area (Å²) in [6.07, 6.45) is 2.62. The third kappa shape index (κ3) is 4.09. The van der Waals surface area contributed by atoms with Crippen LogP contribution in [0.3, 0.4) is 0 Å². The normalized spacial score (nSPS) is 15.2. The molecule has 0 aliphatic carbocycles. The highest BCUT2D eigenvalue weighted by Gasteiger charge is 2.27. The van der Waals surface area contributed by atoms with Gasteiger partial charge in [-0.05, 0) is 25.8 Å². The highest BCUT2D eigenvalue weighted by Crippen LogP contribution is 2.18. The summed E-state index contributed by atoms with van der Waals surface area (Å²) >= 11 is 0. The van der Waals surface area contributed by atoms with Crippen LogP contribution in [0.1, 0.15) is 39.8 Å². The highest BCUT2D eigenvalue weighted by atomic mass is 16.3. The van der Waals surface area contributed by atoms with Gasteiger partial charge in [0.2, 0.25) is 0 Å². The van der Waals surface area contributed by atoms with Crippen molar-refractivity contribution in [3.8, 4) is 0 Å². The molecule has 1 atom stereocenters. The van der Waals surface area contributed by atoms with Crippen molar-refractivity contribution in [1.29, 1.82) is 0 Å². The van der Waals surface area contributed by atoms with Crippen molar-refractivity contribution in [2.24, 2.45) is 5.92 Å².